The summed E-state index contributed by atoms with van der Waals surface area (Å²) in [5.74, 6) is 0.435. The summed E-state index contributed by atoms with van der Waals surface area (Å²) < 4.78 is 7.50. The number of furan rings is 1. The molecule has 1 amide bonds. The fraction of sp³-hybridized carbons (Fsp3) is 0.200. The number of hydrogen-bond donors (Lipinski definition) is 2. The number of benzene rings is 2. The van der Waals surface area contributed by atoms with Gasteiger partial charge in [0.05, 0.1) is 10.9 Å². The Morgan fingerprint density at radius 3 is 2.58 bits per heavy atom. The van der Waals surface area contributed by atoms with Crippen LogP contribution in [0.5, 0.6) is 0 Å². The summed E-state index contributed by atoms with van der Waals surface area (Å²) in [6.45, 7) is 6.57. The molecule has 5 rings (SSSR count). The summed E-state index contributed by atoms with van der Waals surface area (Å²) >= 11 is 0. The van der Waals surface area contributed by atoms with Crippen LogP contribution < -0.4 is 11.1 Å². The van der Waals surface area contributed by atoms with E-state index in [9.17, 15) is 4.79 Å². The number of hydrogen-bond acceptors (Lipinski definition) is 6. The van der Waals surface area contributed by atoms with Crippen LogP contribution in [0.15, 0.2) is 65.3 Å². The van der Waals surface area contributed by atoms with E-state index < -0.39 is 0 Å². The summed E-state index contributed by atoms with van der Waals surface area (Å²) in [6, 6.07) is 17.1. The third-order valence-corrected chi connectivity index (χ3v) is 5.46. The number of para-hydroxylation sites is 1. The standard InChI is InChI=1S/C25H24N6O2/c1-25(2,3)31-23-20(22(26)28-14-29-23)21(30-31)16-10-8-15(9-11-16)13-27-24(32)19-12-17-6-4-5-7-18(17)33-19/h4-12,14H,13H2,1-3H3,(H,27,32)(H2,26,28,29). The van der Waals surface area contributed by atoms with Crippen molar-refractivity contribution in [2.24, 2.45) is 0 Å². The molecular weight excluding hydrogens is 416 g/mol. The maximum atomic E-state index is 12.5. The minimum Gasteiger partial charge on any atom is -0.451 e. The molecule has 3 N–H and O–H groups in total. The number of rotatable bonds is 4. The van der Waals surface area contributed by atoms with Gasteiger partial charge in [0.1, 0.15) is 23.4 Å². The molecule has 0 radical (unpaired) electrons. The van der Waals surface area contributed by atoms with Crippen molar-refractivity contribution in [1.82, 2.24) is 25.1 Å². The summed E-state index contributed by atoms with van der Waals surface area (Å²) in [6.07, 6.45) is 1.46. The van der Waals surface area contributed by atoms with Crippen molar-refractivity contribution < 1.29 is 9.21 Å². The third kappa shape index (κ3) is 3.80. The van der Waals surface area contributed by atoms with Crippen LogP contribution in [0.25, 0.3) is 33.3 Å². The van der Waals surface area contributed by atoms with Crippen LogP contribution >= 0.6 is 0 Å². The Bertz CT molecular complexity index is 1440. The van der Waals surface area contributed by atoms with Crippen LogP contribution in [0.4, 0.5) is 5.82 Å². The second-order valence-corrected chi connectivity index (χ2v) is 8.92. The molecule has 0 aliphatic carbocycles. The van der Waals surface area contributed by atoms with Crippen molar-refractivity contribution in [1.29, 1.82) is 0 Å². The molecule has 0 atom stereocenters. The minimum atomic E-state index is -0.266. The lowest BCUT2D eigenvalue weighted by Crippen LogP contribution is -2.23. The van der Waals surface area contributed by atoms with Crippen molar-refractivity contribution >= 4 is 33.7 Å². The zero-order valence-corrected chi connectivity index (χ0v) is 18.7. The van der Waals surface area contributed by atoms with Gasteiger partial charge in [0.25, 0.3) is 5.91 Å². The first kappa shape index (κ1) is 20.7. The summed E-state index contributed by atoms with van der Waals surface area (Å²) in [7, 11) is 0. The Hall–Kier alpha value is -4.20. The number of nitrogens with zero attached hydrogens (tertiary/aromatic N) is 4. The predicted molar refractivity (Wildman–Crippen MR) is 128 cm³/mol. The fourth-order valence-corrected chi connectivity index (χ4v) is 3.79. The predicted octanol–water partition coefficient (Wildman–Crippen LogP) is 4.51. The van der Waals surface area contributed by atoms with Gasteiger partial charge in [0.15, 0.2) is 11.4 Å². The molecule has 3 heterocycles. The second kappa shape index (κ2) is 7.74. The van der Waals surface area contributed by atoms with Crippen LogP contribution in [0.3, 0.4) is 0 Å². The van der Waals surface area contributed by atoms with Crippen molar-refractivity contribution in [3.05, 3.63) is 72.2 Å². The summed E-state index contributed by atoms with van der Waals surface area (Å²) in [5, 5.41) is 9.35. The molecule has 8 nitrogen and oxygen atoms in total. The molecule has 0 bridgehead atoms. The number of fused-ring (bicyclic) bond motifs is 2. The van der Waals surface area contributed by atoms with Gasteiger partial charge in [0.2, 0.25) is 0 Å². The number of nitrogens with one attached hydrogen (secondary N) is 1. The van der Waals surface area contributed by atoms with E-state index in [0.29, 0.717) is 29.4 Å². The van der Waals surface area contributed by atoms with Crippen molar-refractivity contribution in [3.63, 3.8) is 0 Å². The summed E-state index contributed by atoms with van der Waals surface area (Å²) in [5.41, 5.74) is 9.89. The van der Waals surface area contributed by atoms with Gasteiger partial charge in [-0.2, -0.15) is 5.10 Å². The van der Waals surface area contributed by atoms with E-state index in [4.69, 9.17) is 15.2 Å². The third-order valence-electron chi connectivity index (χ3n) is 5.46. The molecule has 0 unspecified atom stereocenters. The molecule has 2 aromatic carbocycles. The Morgan fingerprint density at radius 2 is 1.85 bits per heavy atom. The van der Waals surface area contributed by atoms with Crippen LogP contribution in [0.1, 0.15) is 36.9 Å². The number of nitrogen functional groups attached to an aromatic ring is 1. The molecule has 33 heavy (non-hydrogen) atoms. The van der Waals surface area contributed by atoms with E-state index in [0.717, 1.165) is 27.6 Å². The lowest BCUT2D eigenvalue weighted by atomic mass is 10.1. The van der Waals surface area contributed by atoms with Gasteiger partial charge >= 0.3 is 0 Å². The van der Waals surface area contributed by atoms with Gasteiger partial charge in [0, 0.05) is 17.5 Å². The zero-order valence-electron chi connectivity index (χ0n) is 18.7. The van der Waals surface area contributed by atoms with E-state index in [2.05, 4.69) is 36.1 Å². The zero-order chi connectivity index (χ0) is 23.2. The average molecular weight is 441 g/mol. The lowest BCUT2D eigenvalue weighted by Gasteiger charge is -2.19. The fourth-order valence-electron chi connectivity index (χ4n) is 3.79. The first-order chi connectivity index (χ1) is 15.8. The number of nitrogens with two attached hydrogens (primary N) is 1. The molecule has 5 aromatic rings. The molecule has 0 aliphatic rings. The topological polar surface area (TPSA) is 112 Å². The molecule has 8 heteroatoms. The average Bonchev–Trinajstić information content (AvgIpc) is 3.40. The SMILES string of the molecule is CC(C)(C)n1nc(-c2ccc(CNC(=O)c3cc4ccccc4o3)cc2)c2c(N)ncnc21. The Morgan fingerprint density at radius 1 is 1.09 bits per heavy atom. The lowest BCUT2D eigenvalue weighted by molar-refractivity contribution is 0.0925. The number of carbonyl (C=O) groups is 1. The monoisotopic (exact) mass is 440 g/mol. The normalized spacial score (nSPS) is 11.8. The smallest absolute Gasteiger partial charge is 0.287 e. The quantitative estimate of drug-likeness (QED) is 0.425. The van der Waals surface area contributed by atoms with Crippen molar-refractivity contribution in [2.75, 3.05) is 5.73 Å². The highest BCUT2D eigenvalue weighted by Crippen LogP contribution is 2.33. The highest BCUT2D eigenvalue weighted by molar-refractivity contribution is 5.98. The van der Waals surface area contributed by atoms with Gasteiger partial charge in [-0.05, 0) is 38.5 Å². The molecule has 0 fully saturated rings. The van der Waals surface area contributed by atoms with Gasteiger partial charge in [-0.15, -0.1) is 0 Å². The van der Waals surface area contributed by atoms with E-state index in [1.165, 1.54) is 6.33 Å². The number of amides is 1. The highest BCUT2D eigenvalue weighted by atomic mass is 16.3. The van der Waals surface area contributed by atoms with E-state index in [1.54, 1.807) is 6.07 Å². The Balaban J connectivity index is 1.38. The first-order valence-corrected chi connectivity index (χ1v) is 10.7. The van der Waals surface area contributed by atoms with Crippen LogP contribution in [0.2, 0.25) is 0 Å². The number of carbonyl (C=O) groups excluding carboxylic acids is 1. The van der Waals surface area contributed by atoms with Gasteiger partial charge in [-0.25, -0.2) is 14.6 Å². The second-order valence-electron chi connectivity index (χ2n) is 8.92. The molecule has 3 aromatic heterocycles. The molecule has 0 aliphatic heterocycles. The number of anilines is 1. The Labute approximate surface area is 190 Å². The largest absolute Gasteiger partial charge is 0.451 e. The van der Waals surface area contributed by atoms with Crippen LogP contribution in [0, 0.1) is 0 Å². The van der Waals surface area contributed by atoms with E-state index in [1.807, 2.05) is 53.2 Å². The van der Waals surface area contributed by atoms with E-state index in [-0.39, 0.29) is 11.4 Å². The summed E-state index contributed by atoms with van der Waals surface area (Å²) in [4.78, 5) is 21.1. The molecule has 0 saturated carbocycles. The van der Waals surface area contributed by atoms with Crippen LogP contribution in [-0.4, -0.2) is 25.7 Å². The maximum absolute atomic E-state index is 12.5. The Kier molecular flexibility index (Phi) is 4.85. The molecular formula is C25H24N6O2. The number of aromatic nitrogens is 4. The minimum absolute atomic E-state index is 0.255. The van der Waals surface area contributed by atoms with Gasteiger partial charge < -0.3 is 15.5 Å². The van der Waals surface area contributed by atoms with E-state index >= 15 is 0 Å². The van der Waals surface area contributed by atoms with Gasteiger partial charge in [-0.1, -0.05) is 42.5 Å². The molecule has 0 saturated heterocycles. The first-order valence-electron chi connectivity index (χ1n) is 10.7. The molecule has 0 spiro atoms. The van der Waals surface area contributed by atoms with Crippen molar-refractivity contribution in [2.45, 2.75) is 32.9 Å². The van der Waals surface area contributed by atoms with Gasteiger partial charge in [-0.3, -0.25) is 4.79 Å². The van der Waals surface area contributed by atoms with Crippen LogP contribution in [-0.2, 0) is 12.1 Å². The molecule has 166 valence electrons. The maximum Gasteiger partial charge on any atom is 0.287 e. The highest BCUT2D eigenvalue weighted by Gasteiger charge is 2.23. The van der Waals surface area contributed by atoms with Crippen molar-refractivity contribution in [3.8, 4) is 11.3 Å².